The van der Waals surface area contributed by atoms with E-state index in [2.05, 4.69) is 17.0 Å². The lowest BCUT2D eigenvalue weighted by Gasteiger charge is -2.31. The summed E-state index contributed by atoms with van der Waals surface area (Å²) in [5.74, 6) is 0.509. The molecule has 1 atom stereocenters. The van der Waals surface area contributed by atoms with E-state index in [1.807, 2.05) is 7.05 Å². The van der Waals surface area contributed by atoms with E-state index in [1.54, 1.807) is 7.05 Å². The van der Waals surface area contributed by atoms with Crippen LogP contribution in [0.3, 0.4) is 0 Å². The average Bonchev–Trinajstić information content (AvgIpc) is 2.45. The van der Waals surface area contributed by atoms with Crippen LogP contribution in [-0.4, -0.2) is 45.9 Å². The van der Waals surface area contributed by atoms with Crippen molar-refractivity contribution in [3.63, 3.8) is 0 Å². The van der Waals surface area contributed by atoms with Crippen LogP contribution < -0.4 is 10.0 Å². The molecule has 20 heavy (non-hydrogen) atoms. The summed E-state index contributed by atoms with van der Waals surface area (Å²) in [6.45, 7) is 3.46. The molecule has 1 unspecified atom stereocenters. The predicted octanol–water partition coefficient (Wildman–Crippen LogP) is 1.72. The third-order valence-corrected chi connectivity index (χ3v) is 5.87. The molecule has 1 aliphatic rings. The maximum absolute atomic E-state index is 12.3. The molecule has 0 aliphatic heterocycles. The lowest BCUT2D eigenvalue weighted by Crippen LogP contribution is -2.47. The van der Waals surface area contributed by atoms with Gasteiger partial charge in [0.15, 0.2) is 0 Å². The second-order valence-electron chi connectivity index (χ2n) is 5.81. The Hall–Kier alpha value is -0.170. The maximum Gasteiger partial charge on any atom is 0.279 e. The summed E-state index contributed by atoms with van der Waals surface area (Å²) < 4.78 is 29.0. The van der Waals surface area contributed by atoms with Crippen LogP contribution in [0.4, 0.5) is 0 Å². The number of hydrogen-bond acceptors (Lipinski definition) is 3. The van der Waals surface area contributed by atoms with E-state index in [0.29, 0.717) is 12.5 Å². The van der Waals surface area contributed by atoms with Gasteiger partial charge in [0.2, 0.25) is 0 Å². The Bertz CT molecular complexity index is 353. The summed E-state index contributed by atoms with van der Waals surface area (Å²) in [6, 6.07) is 0.0899. The minimum Gasteiger partial charge on any atom is -0.320 e. The van der Waals surface area contributed by atoms with E-state index < -0.39 is 10.2 Å². The molecule has 0 aromatic carbocycles. The van der Waals surface area contributed by atoms with Gasteiger partial charge in [0.05, 0.1) is 0 Å². The maximum atomic E-state index is 12.3. The Morgan fingerprint density at radius 1 is 1.25 bits per heavy atom. The molecule has 0 amide bonds. The molecule has 1 rings (SSSR count). The molecule has 0 aromatic rings. The highest BCUT2D eigenvalue weighted by molar-refractivity contribution is 7.87. The van der Waals surface area contributed by atoms with Crippen LogP contribution in [0.15, 0.2) is 0 Å². The molecule has 0 heterocycles. The average molecular weight is 305 g/mol. The third kappa shape index (κ3) is 5.68. The van der Waals surface area contributed by atoms with Crippen molar-refractivity contribution in [1.29, 1.82) is 0 Å². The fourth-order valence-corrected chi connectivity index (χ4v) is 4.22. The SMILES string of the molecule is CCC(NS(=O)(=O)N(C)CCCNC)C1CCCCC1. The van der Waals surface area contributed by atoms with Gasteiger partial charge in [0.25, 0.3) is 10.2 Å². The van der Waals surface area contributed by atoms with E-state index >= 15 is 0 Å². The first-order chi connectivity index (χ1) is 9.51. The first-order valence-corrected chi connectivity index (χ1v) is 9.33. The largest absolute Gasteiger partial charge is 0.320 e. The van der Waals surface area contributed by atoms with E-state index in [0.717, 1.165) is 32.2 Å². The van der Waals surface area contributed by atoms with Crippen molar-refractivity contribution < 1.29 is 8.42 Å². The van der Waals surface area contributed by atoms with Gasteiger partial charge in [0.1, 0.15) is 0 Å². The van der Waals surface area contributed by atoms with Gasteiger partial charge >= 0.3 is 0 Å². The lowest BCUT2D eigenvalue weighted by molar-refractivity contribution is 0.281. The van der Waals surface area contributed by atoms with Gasteiger partial charge in [-0.1, -0.05) is 26.2 Å². The van der Waals surface area contributed by atoms with Crippen molar-refractivity contribution >= 4 is 10.2 Å². The second-order valence-corrected chi connectivity index (χ2v) is 7.62. The first kappa shape index (κ1) is 17.9. The summed E-state index contributed by atoms with van der Waals surface area (Å²) in [6.07, 6.45) is 7.78. The summed E-state index contributed by atoms with van der Waals surface area (Å²) >= 11 is 0. The lowest BCUT2D eigenvalue weighted by atomic mass is 9.83. The molecule has 0 aromatic heterocycles. The minimum atomic E-state index is -3.35. The van der Waals surface area contributed by atoms with Gasteiger partial charge < -0.3 is 5.32 Å². The van der Waals surface area contributed by atoms with E-state index in [4.69, 9.17) is 0 Å². The molecule has 5 nitrogen and oxygen atoms in total. The van der Waals surface area contributed by atoms with Crippen LogP contribution in [0.25, 0.3) is 0 Å². The van der Waals surface area contributed by atoms with Crippen LogP contribution in [-0.2, 0) is 10.2 Å². The summed E-state index contributed by atoms with van der Waals surface area (Å²) in [4.78, 5) is 0. The molecule has 0 saturated heterocycles. The summed E-state index contributed by atoms with van der Waals surface area (Å²) in [7, 11) is 0.190. The summed E-state index contributed by atoms with van der Waals surface area (Å²) in [5, 5.41) is 3.04. The number of rotatable bonds is 9. The van der Waals surface area contributed by atoms with Crippen LogP contribution >= 0.6 is 0 Å². The molecule has 2 N–H and O–H groups in total. The first-order valence-electron chi connectivity index (χ1n) is 7.89. The second kappa shape index (κ2) is 8.97. The van der Waals surface area contributed by atoms with Crippen LogP contribution in [0, 0.1) is 5.92 Å². The fraction of sp³-hybridized carbons (Fsp3) is 1.00. The van der Waals surface area contributed by atoms with Crippen molar-refractivity contribution in [3.05, 3.63) is 0 Å². The predicted molar refractivity (Wildman–Crippen MR) is 83.9 cm³/mol. The number of nitrogens with one attached hydrogen (secondary N) is 2. The Kier molecular flexibility index (Phi) is 8.02. The zero-order chi connectivity index (χ0) is 15.0. The molecular weight excluding hydrogens is 274 g/mol. The normalized spacial score (nSPS) is 19.4. The van der Waals surface area contributed by atoms with E-state index in [-0.39, 0.29) is 6.04 Å². The topological polar surface area (TPSA) is 61.4 Å². The van der Waals surface area contributed by atoms with Gasteiger partial charge in [0, 0.05) is 19.6 Å². The Balaban J connectivity index is 2.52. The Morgan fingerprint density at radius 3 is 2.45 bits per heavy atom. The third-order valence-electron chi connectivity index (χ3n) is 4.27. The van der Waals surface area contributed by atoms with Gasteiger partial charge in [-0.2, -0.15) is 17.4 Å². The molecular formula is C14H31N3O2S. The molecule has 120 valence electrons. The van der Waals surface area contributed by atoms with Gasteiger partial charge in [-0.15, -0.1) is 0 Å². The molecule has 1 saturated carbocycles. The highest BCUT2D eigenvalue weighted by atomic mass is 32.2. The van der Waals surface area contributed by atoms with Crippen molar-refractivity contribution in [2.75, 3.05) is 27.2 Å². The van der Waals surface area contributed by atoms with Gasteiger partial charge in [-0.3, -0.25) is 0 Å². The highest BCUT2D eigenvalue weighted by Crippen LogP contribution is 2.28. The summed E-state index contributed by atoms with van der Waals surface area (Å²) in [5.41, 5.74) is 0. The van der Waals surface area contributed by atoms with Crippen molar-refractivity contribution in [1.82, 2.24) is 14.3 Å². The molecule has 1 fully saturated rings. The zero-order valence-electron chi connectivity index (χ0n) is 13.2. The smallest absolute Gasteiger partial charge is 0.279 e. The van der Waals surface area contributed by atoms with Crippen LogP contribution in [0.5, 0.6) is 0 Å². The fourth-order valence-electron chi connectivity index (χ4n) is 2.93. The van der Waals surface area contributed by atoms with Crippen molar-refractivity contribution in [2.24, 2.45) is 5.92 Å². The molecule has 1 aliphatic carbocycles. The van der Waals surface area contributed by atoms with Gasteiger partial charge in [-0.25, -0.2) is 0 Å². The van der Waals surface area contributed by atoms with E-state index in [9.17, 15) is 8.42 Å². The zero-order valence-corrected chi connectivity index (χ0v) is 14.0. The number of nitrogens with zero attached hydrogens (tertiary/aromatic N) is 1. The van der Waals surface area contributed by atoms with Crippen LogP contribution in [0.2, 0.25) is 0 Å². The molecule has 0 bridgehead atoms. The van der Waals surface area contributed by atoms with Crippen molar-refractivity contribution in [3.8, 4) is 0 Å². The molecule has 0 radical (unpaired) electrons. The number of hydrogen-bond donors (Lipinski definition) is 2. The quantitative estimate of drug-likeness (QED) is 0.638. The Morgan fingerprint density at radius 2 is 1.90 bits per heavy atom. The molecule has 6 heteroatoms. The van der Waals surface area contributed by atoms with Gasteiger partial charge in [-0.05, 0) is 45.2 Å². The minimum absolute atomic E-state index is 0.0899. The van der Waals surface area contributed by atoms with Crippen LogP contribution in [0.1, 0.15) is 51.9 Å². The highest BCUT2D eigenvalue weighted by Gasteiger charge is 2.28. The monoisotopic (exact) mass is 305 g/mol. The Labute approximate surface area is 124 Å². The standard InChI is InChI=1S/C14H31N3O2S/c1-4-14(13-9-6-5-7-10-13)16-20(18,19)17(3)12-8-11-15-2/h13-16H,4-12H2,1-3H3. The molecule has 0 spiro atoms. The van der Waals surface area contributed by atoms with Crippen molar-refractivity contribution in [2.45, 2.75) is 57.9 Å². The van der Waals surface area contributed by atoms with E-state index in [1.165, 1.54) is 23.6 Å².